The van der Waals surface area contributed by atoms with Crippen LogP contribution in [0.3, 0.4) is 0 Å². The predicted molar refractivity (Wildman–Crippen MR) is 338 cm³/mol. The van der Waals surface area contributed by atoms with Crippen LogP contribution in [0.15, 0.2) is 109 Å². The van der Waals surface area contributed by atoms with Crippen LogP contribution in [0.5, 0.6) is 0 Å². The zero-order valence-electron chi connectivity index (χ0n) is 48.5. The van der Waals surface area contributed by atoms with Crippen molar-refractivity contribution in [2.24, 2.45) is 0 Å². The van der Waals surface area contributed by atoms with Gasteiger partial charge in [-0.1, -0.05) is 166 Å². The molecule has 5 aromatic carbocycles. The van der Waals surface area contributed by atoms with E-state index in [4.69, 9.17) is 0 Å². The quantitative estimate of drug-likeness (QED) is 0.0863. The molecule has 0 spiro atoms. The van der Waals surface area contributed by atoms with Gasteiger partial charge in [0.25, 0.3) is 0 Å². The zero-order valence-corrected chi connectivity index (χ0v) is 55.6. The Balaban J connectivity index is 0.000000336. The molecular formula is C65H102P5Pt+. The summed E-state index contributed by atoms with van der Waals surface area (Å²) >= 11 is 0. The van der Waals surface area contributed by atoms with Crippen molar-refractivity contribution >= 4 is 62.1 Å². The van der Waals surface area contributed by atoms with Crippen LogP contribution >= 0.6 is 40.9 Å². The molecule has 0 bridgehead atoms. The molecule has 396 valence electrons. The molecule has 0 N–H and O–H groups in total. The van der Waals surface area contributed by atoms with Crippen molar-refractivity contribution in [3.8, 4) is 0 Å². The molecule has 2 aliphatic rings. The van der Waals surface area contributed by atoms with Crippen LogP contribution in [-0.4, -0.2) is 49.3 Å². The van der Waals surface area contributed by atoms with Gasteiger partial charge in [0.2, 0.25) is 0 Å². The third-order valence-corrected chi connectivity index (χ3v) is 25.4. The Morgan fingerprint density at radius 2 is 0.817 bits per heavy atom. The minimum atomic E-state index is -0.332. The van der Waals surface area contributed by atoms with Crippen LogP contribution in [-0.2, 0) is 27.2 Å². The molecule has 0 aromatic heterocycles. The van der Waals surface area contributed by atoms with E-state index in [-0.39, 0.29) is 44.8 Å². The second-order valence-electron chi connectivity index (χ2n) is 22.4. The SMILES string of the molecule is CC(C)c1cc(C(C)C)c([P@@](C)Cc2ccccc2)c(C(C)C)c1.CPC.CPc1c(C(C)C)cc(C(C)C)cc1C(C)C.C[C@@H]1CC[C@@H](C)[PH+]1c1ccccc1[PH+]1[C@H](C)CC[C@H]1C.[Pt].[c-]1ccccc1. The van der Waals surface area contributed by atoms with Crippen molar-refractivity contribution in [2.75, 3.05) is 26.7 Å². The molecule has 0 radical (unpaired) electrons. The van der Waals surface area contributed by atoms with Crippen LogP contribution in [0.4, 0.5) is 0 Å². The maximum Gasteiger partial charge on any atom is 0.133 e. The molecule has 7 rings (SSSR count). The fraction of sp³-hybridized carbons (Fsp3) is 0.538. The molecular weight excluding hydrogens is 1130 g/mol. The van der Waals surface area contributed by atoms with Crippen LogP contribution in [0, 0.1) is 6.07 Å². The molecule has 2 aliphatic heterocycles. The Morgan fingerprint density at radius 3 is 1.10 bits per heavy atom. The predicted octanol–water partition coefficient (Wildman–Crippen LogP) is 18.9. The van der Waals surface area contributed by atoms with Crippen molar-refractivity contribution in [1.29, 1.82) is 0 Å². The maximum atomic E-state index is 2.89. The van der Waals surface area contributed by atoms with Gasteiger partial charge >= 0.3 is 0 Å². The van der Waals surface area contributed by atoms with Crippen molar-refractivity contribution in [1.82, 2.24) is 0 Å². The van der Waals surface area contributed by atoms with E-state index in [1.807, 2.05) is 40.9 Å². The summed E-state index contributed by atoms with van der Waals surface area (Å²) in [6, 6.07) is 43.0. The first-order valence-corrected chi connectivity index (χ1v) is 36.1. The second-order valence-corrected chi connectivity index (χ2v) is 33.4. The van der Waals surface area contributed by atoms with Crippen LogP contribution in [0.2, 0.25) is 0 Å². The number of hydrogen-bond acceptors (Lipinski definition) is 0. The number of benzene rings is 5. The summed E-state index contributed by atoms with van der Waals surface area (Å²) in [5, 5.41) is 6.94. The summed E-state index contributed by atoms with van der Waals surface area (Å²) in [5.74, 6) is 3.64. The maximum absolute atomic E-state index is 2.89. The van der Waals surface area contributed by atoms with Gasteiger partial charge in [-0.15, -0.1) is 8.58 Å². The molecule has 0 nitrogen and oxygen atoms in total. The van der Waals surface area contributed by atoms with Gasteiger partial charge in [-0.25, -0.2) is 0 Å². The van der Waals surface area contributed by atoms with Gasteiger partial charge in [0.15, 0.2) is 0 Å². The minimum absolute atomic E-state index is 0. The fourth-order valence-electron chi connectivity index (χ4n) is 10.5. The Labute approximate surface area is 461 Å². The van der Waals surface area contributed by atoms with Crippen molar-refractivity contribution in [2.45, 2.75) is 201 Å². The first-order chi connectivity index (χ1) is 33.2. The van der Waals surface area contributed by atoms with Crippen molar-refractivity contribution in [3.05, 3.63) is 154 Å². The Bertz CT molecular complexity index is 2070. The topological polar surface area (TPSA) is 0 Å². The van der Waals surface area contributed by atoms with Crippen LogP contribution in [0.1, 0.15) is 211 Å². The first-order valence-electron chi connectivity index (χ1n) is 27.3. The molecule has 71 heavy (non-hydrogen) atoms. The van der Waals surface area contributed by atoms with Gasteiger partial charge in [-0.2, -0.15) is 36.4 Å². The van der Waals surface area contributed by atoms with E-state index in [2.05, 4.69) is 222 Å². The summed E-state index contributed by atoms with van der Waals surface area (Å²) < 4.78 is 0. The summed E-state index contributed by atoms with van der Waals surface area (Å²) in [5.41, 5.74) is 14.7. The number of hydrogen-bond donors (Lipinski definition) is 0. The molecule has 1 unspecified atom stereocenters. The molecule has 6 heteroatoms. The molecule has 2 fully saturated rings. The van der Waals surface area contributed by atoms with E-state index in [1.165, 1.54) is 48.5 Å². The van der Waals surface area contributed by atoms with E-state index >= 15 is 0 Å². The average Bonchev–Trinajstić information content (AvgIpc) is 3.86. The van der Waals surface area contributed by atoms with Gasteiger partial charge in [0.1, 0.15) is 10.6 Å². The standard InChI is InChI=1S/C23H33P.C18H28P2.C16H27P.C6H5.C2H7P.Pt/c1-16(2)20-13-21(17(3)4)23(22(14-20)18(5)6)24(7)15-19-11-9-8-10-12-19;1-13-9-10-14(2)19(13)17-7-5-6-8-18(17)20-15(3)11-12-16(20)4;1-10(2)13-8-14(11(3)4)16(17-7)15(9-13)12(5)6;1-2-4-6-5-3-1;1-3-2;/h8-14,16-18H,15H2,1-7H3;5-8,13-16H,9-12H2,1-4H3;8-12,17H,1-7H3;1-5H;3H,1-2H3;/q;;;-1;;/p+2/t24-;13-,14-,15-,16-;;;;/m01..../s1. The monoisotopic (exact) mass is 1230 g/mol. The summed E-state index contributed by atoms with van der Waals surface area (Å²) in [7, 11) is 1.13. The third-order valence-electron chi connectivity index (χ3n) is 14.5. The van der Waals surface area contributed by atoms with Gasteiger partial charge < -0.3 is 0 Å². The molecule has 0 saturated carbocycles. The van der Waals surface area contributed by atoms with Gasteiger partial charge in [-0.05, 0) is 183 Å². The van der Waals surface area contributed by atoms with Gasteiger partial charge in [0, 0.05) is 36.9 Å². The molecule has 2 saturated heterocycles. The normalized spacial score (nSPS) is 18.5. The van der Waals surface area contributed by atoms with Crippen molar-refractivity contribution in [3.63, 3.8) is 0 Å². The summed E-state index contributed by atoms with van der Waals surface area (Å²) in [4.78, 5) is 0. The molecule has 0 aliphatic carbocycles. The Hall–Kier alpha value is -1.06. The third kappa shape index (κ3) is 20.1. The molecule has 5 aromatic rings. The summed E-state index contributed by atoms with van der Waals surface area (Å²) in [6.07, 6.45) is 7.05. The Morgan fingerprint density at radius 1 is 0.493 bits per heavy atom. The fourth-order valence-corrected chi connectivity index (χ4v) is 22.5. The Kier molecular flexibility index (Phi) is 31.5. The minimum Gasteiger partial charge on any atom is -0.184 e. The first kappa shape index (κ1) is 66.1. The van der Waals surface area contributed by atoms with Crippen LogP contribution < -0.4 is 21.2 Å². The van der Waals surface area contributed by atoms with E-state index in [0.29, 0.717) is 35.5 Å². The second kappa shape index (κ2) is 33.9. The molecule has 2 heterocycles. The van der Waals surface area contributed by atoms with Crippen LogP contribution in [0.25, 0.3) is 0 Å². The summed E-state index contributed by atoms with van der Waals surface area (Å²) in [6.45, 7) is 47.0. The zero-order chi connectivity index (χ0) is 52.2. The van der Waals surface area contributed by atoms with E-state index in [0.717, 1.165) is 39.8 Å². The smallest absolute Gasteiger partial charge is 0.133 e. The van der Waals surface area contributed by atoms with Gasteiger partial charge in [0.05, 0.1) is 22.6 Å². The molecule has 0 amide bonds. The van der Waals surface area contributed by atoms with E-state index in [1.54, 1.807) is 32.9 Å². The number of rotatable bonds is 12. The largest absolute Gasteiger partial charge is 0.184 e. The van der Waals surface area contributed by atoms with E-state index in [9.17, 15) is 0 Å². The van der Waals surface area contributed by atoms with Crippen molar-refractivity contribution < 1.29 is 21.1 Å². The van der Waals surface area contributed by atoms with Gasteiger partial charge in [-0.3, -0.25) is 0 Å². The average molecular weight is 1230 g/mol. The molecule has 6 atom stereocenters. The van der Waals surface area contributed by atoms with E-state index < -0.39 is 0 Å².